The van der Waals surface area contributed by atoms with Gasteiger partial charge >= 0.3 is 5.97 Å². The number of amides is 1. The number of carboxylic acid groups (broad SMARTS) is 1. The van der Waals surface area contributed by atoms with Gasteiger partial charge < -0.3 is 16.2 Å². The first-order valence-corrected chi connectivity index (χ1v) is 6.70. The summed E-state index contributed by atoms with van der Waals surface area (Å²) in [6, 6.07) is -0.246. The molecule has 0 rings (SSSR count). The van der Waals surface area contributed by atoms with Gasteiger partial charge in [-0.05, 0) is 31.7 Å². The number of nitrogens with one attached hydrogen (secondary N) is 1. The van der Waals surface area contributed by atoms with Gasteiger partial charge in [-0.25, -0.2) is 0 Å². The molecule has 0 saturated heterocycles. The van der Waals surface area contributed by atoms with E-state index < -0.39 is 5.97 Å². The third-order valence-corrected chi connectivity index (χ3v) is 2.95. The predicted molar refractivity (Wildman–Crippen MR) is 71.2 cm³/mol. The van der Waals surface area contributed by atoms with E-state index in [4.69, 9.17) is 10.8 Å². The Bertz CT molecular complexity index is 257. The second kappa shape index (κ2) is 9.88. The molecule has 0 fully saturated rings. The van der Waals surface area contributed by atoms with Crippen molar-refractivity contribution in [1.29, 1.82) is 0 Å². The summed E-state index contributed by atoms with van der Waals surface area (Å²) in [5, 5.41) is 11.5. The molecule has 1 amide bonds. The summed E-state index contributed by atoms with van der Waals surface area (Å²) in [5.74, 6) is -0.492. The minimum atomic E-state index is -0.870. The number of carboxylic acids is 1. The van der Waals surface area contributed by atoms with Crippen LogP contribution in [0.15, 0.2) is 0 Å². The fraction of sp³-hybridized carbons (Fsp3) is 0.846. The van der Waals surface area contributed by atoms with Crippen LogP contribution in [0.3, 0.4) is 0 Å². The fourth-order valence-electron chi connectivity index (χ4n) is 1.89. The van der Waals surface area contributed by atoms with Crippen LogP contribution < -0.4 is 11.1 Å². The molecule has 0 aromatic heterocycles. The molecule has 0 aromatic carbocycles. The van der Waals surface area contributed by atoms with E-state index in [0.29, 0.717) is 25.3 Å². The van der Waals surface area contributed by atoms with Crippen LogP contribution in [0, 0.1) is 5.92 Å². The lowest BCUT2D eigenvalue weighted by atomic mass is 10.0. The Morgan fingerprint density at radius 1 is 1.28 bits per heavy atom. The lowest BCUT2D eigenvalue weighted by molar-refractivity contribution is -0.137. The summed E-state index contributed by atoms with van der Waals surface area (Å²) in [5.41, 5.74) is 5.45. The van der Waals surface area contributed by atoms with Crippen LogP contribution in [0.5, 0.6) is 0 Å². The van der Waals surface area contributed by atoms with Gasteiger partial charge in [0.05, 0.1) is 6.42 Å². The van der Waals surface area contributed by atoms with Crippen LogP contribution >= 0.6 is 0 Å². The maximum Gasteiger partial charge on any atom is 0.305 e. The number of carbonyl (C=O) groups is 2. The van der Waals surface area contributed by atoms with Crippen LogP contribution in [0.25, 0.3) is 0 Å². The minimum Gasteiger partial charge on any atom is -0.481 e. The van der Waals surface area contributed by atoms with E-state index in [1.165, 1.54) is 0 Å². The van der Waals surface area contributed by atoms with Gasteiger partial charge in [0.15, 0.2) is 0 Å². The Kier molecular flexibility index (Phi) is 9.28. The van der Waals surface area contributed by atoms with E-state index in [2.05, 4.69) is 12.2 Å². The number of rotatable bonds is 10. The predicted octanol–water partition coefficient (Wildman–Crippen LogP) is 1.51. The van der Waals surface area contributed by atoms with Crippen molar-refractivity contribution in [2.75, 3.05) is 6.54 Å². The number of aliphatic carboxylic acids is 1. The highest BCUT2D eigenvalue weighted by Gasteiger charge is 2.15. The van der Waals surface area contributed by atoms with E-state index in [1.807, 2.05) is 6.92 Å². The minimum absolute atomic E-state index is 0.00205. The molecule has 4 N–H and O–H groups in total. The summed E-state index contributed by atoms with van der Waals surface area (Å²) >= 11 is 0. The fourth-order valence-corrected chi connectivity index (χ4v) is 1.89. The highest BCUT2D eigenvalue weighted by molar-refractivity contribution is 5.77. The monoisotopic (exact) mass is 258 g/mol. The molecule has 0 aromatic rings. The molecule has 0 saturated carbocycles. The van der Waals surface area contributed by atoms with Crippen LogP contribution in [-0.2, 0) is 9.59 Å². The van der Waals surface area contributed by atoms with Gasteiger partial charge in [-0.15, -0.1) is 0 Å². The standard InChI is InChI=1S/C13H26N2O3/c1-3-4-11(9-13(17)18)15-12(16)6-5-10(2)7-8-14/h10-11H,3-9,14H2,1-2H3,(H,15,16)(H,17,18). The first kappa shape index (κ1) is 16.9. The molecule has 106 valence electrons. The molecular formula is C13H26N2O3. The third kappa shape index (κ3) is 8.98. The van der Waals surface area contributed by atoms with Crippen molar-refractivity contribution in [1.82, 2.24) is 5.32 Å². The van der Waals surface area contributed by atoms with Crippen LogP contribution in [0.1, 0.15) is 52.4 Å². The Hall–Kier alpha value is -1.10. The summed E-state index contributed by atoms with van der Waals surface area (Å²) in [7, 11) is 0. The molecule has 0 aliphatic heterocycles. The Morgan fingerprint density at radius 2 is 1.94 bits per heavy atom. The highest BCUT2D eigenvalue weighted by Crippen LogP contribution is 2.10. The Balaban J connectivity index is 3.97. The molecular weight excluding hydrogens is 232 g/mol. The largest absolute Gasteiger partial charge is 0.481 e. The van der Waals surface area contributed by atoms with Crippen LogP contribution in [0.4, 0.5) is 0 Å². The average molecular weight is 258 g/mol. The van der Waals surface area contributed by atoms with Crippen LogP contribution in [0.2, 0.25) is 0 Å². The van der Waals surface area contributed by atoms with Crippen molar-refractivity contribution in [3.63, 3.8) is 0 Å². The molecule has 5 heteroatoms. The van der Waals surface area contributed by atoms with Gasteiger partial charge in [0.25, 0.3) is 0 Å². The van der Waals surface area contributed by atoms with Crippen molar-refractivity contribution in [2.45, 2.75) is 58.4 Å². The second-order valence-corrected chi connectivity index (χ2v) is 4.87. The van der Waals surface area contributed by atoms with Gasteiger partial charge in [0.1, 0.15) is 0 Å². The number of hydrogen-bond acceptors (Lipinski definition) is 3. The van der Waals surface area contributed by atoms with Gasteiger partial charge in [-0.3, -0.25) is 9.59 Å². The molecule has 18 heavy (non-hydrogen) atoms. The van der Waals surface area contributed by atoms with Crippen molar-refractivity contribution in [2.24, 2.45) is 11.7 Å². The summed E-state index contributed by atoms with van der Waals surface area (Å²) in [6.45, 7) is 4.69. The zero-order chi connectivity index (χ0) is 14.0. The number of nitrogens with two attached hydrogens (primary N) is 1. The molecule has 0 radical (unpaired) electrons. The molecule has 2 unspecified atom stereocenters. The lowest BCUT2D eigenvalue weighted by Crippen LogP contribution is -2.36. The molecule has 0 aliphatic rings. The van der Waals surface area contributed by atoms with E-state index in [0.717, 1.165) is 19.3 Å². The van der Waals surface area contributed by atoms with Crippen molar-refractivity contribution in [3.8, 4) is 0 Å². The Labute approximate surface area is 109 Å². The summed E-state index contributed by atoms with van der Waals surface area (Å²) in [4.78, 5) is 22.3. The maximum atomic E-state index is 11.7. The summed E-state index contributed by atoms with van der Waals surface area (Å²) in [6.07, 6.45) is 3.73. The number of hydrogen-bond donors (Lipinski definition) is 3. The van der Waals surface area contributed by atoms with E-state index in [-0.39, 0.29) is 18.4 Å². The maximum absolute atomic E-state index is 11.7. The molecule has 2 atom stereocenters. The normalized spacial score (nSPS) is 13.9. The lowest BCUT2D eigenvalue weighted by Gasteiger charge is -2.17. The zero-order valence-electron chi connectivity index (χ0n) is 11.4. The van der Waals surface area contributed by atoms with Gasteiger partial charge in [-0.2, -0.15) is 0 Å². The highest BCUT2D eigenvalue weighted by atomic mass is 16.4. The quantitative estimate of drug-likeness (QED) is 0.554. The van der Waals surface area contributed by atoms with E-state index in [1.54, 1.807) is 0 Å². The topological polar surface area (TPSA) is 92.4 Å². The zero-order valence-corrected chi connectivity index (χ0v) is 11.4. The average Bonchev–Trinajstić information content (AvgIpc) is 2.26. The first-order chi connectivity index (χ1) is 8.49. The van der Waals surface area contributed by atoms with Crippen molar-refractivity contribution < 1.29 is 14.7 Å². The van der Waals surface area contributed by atoms with Gasteiger partial charge in [-0.1, -0.05) is 20.3 Å². The van der Waals surface area contributed by atoms with Crippen molar-refractivity contribution in [3.05, 3.63) is 0 Å². The molecule has 0 heterocycles. The molecule has 0 bridgehead atoms. The van der Waals surface area contributed by atoms with E-state index in [9.17, 15) is 9.59 Å². The summed E-state index contributed by atoms with van der Waals surface area (Å²) < 4.78 is 0. The first-order valence-electron chi connectivity index (χ1n) is 6.70. The molecule has 0 aliphatic carbocycles. The Morgan fingerprint density at radius 3 is 2.44 bits per heavy atom. The third-order valence-electron chi connectivity index (χ3n) is 2.95. The molecule has 5 nitrogen and oxygen atoms in total. The SMILES string of the molecule is CCCC(CC(=O)O)NC(=O)CCC(C)CCN. The van der Waals surface area contributed by atoms with Gasteiger partial charge in [0.2, 0.25) is 5.91 Å². The smallest absolute Gasteiger partial charge is 0.305 e. The van der Waals surface area contributed by atoms with Crippen molar-refractivity contribution >= 4 is 11.9 Å². The molecule has 0 spiro atoms. The van der Waals surface area contributed by atoms with Gasteiger partial charge in [0, 0.05) is 12.5 Å². The second-order valence-electron chi connectivity index (χ2n) is 4.87. The van der Waals surface area contributed by atoms with Crippen LogP contribution in [-0.4, -0.2) is 29.6 Å². The number of carbonyl (C=O) groups excluding carboxylic acids is 1. The van der Waals surface area contributed by atoms with E-state index >= 15 is 0 Å².